The van der Waals surface area contributed by atoms with E-state index in [4.69, 9.17) is 9.97 Å². The van der Waals surface area contributed by atoms with Crippen LogP contribution in [0.1, 0.15) is 35.2 Å². The van der Waals surface area contributed by atoms with Crippen LogP contribution in [0.3, 0.4) is 0 Å². The lowest BCUT2D eigenvalue weighted by Gasteiger charge is -2.14. The predicted octanol–water partition coefficient (Wildman–Crippen LogP) is 5.24. The first kappa shape index (κ1) is 16.6. The van der Waals surface area contributed by atoms with Gasteiger partial charge in [-0.2, -0.15) is 0 Å². The van der Waals surface area contributed by atoms with Crippen molar-refractivity contribution in [2.24, 2.45) is 0 Å². The van der Waals surface area contributed by atoms with E-state index in [-0.39, 0.29) is 12.0 Å². The number of aromatic nitrogens is 2. The number of pyridine rings is 1. The molecule has 0 saturated heterocycles. The highest BCUT2D eigenvalue weighted by Crippen LogP contribution is 2.53. The van der Waals surface area contributed by atoms with Crippen LogP contribution >= 0.6 is 11.3 Å². The molecule has 2 heterocycles. The average molecular weight is 372 g/mol. The number of aryl methyl sites for hydroxylation is 1. The highest BCUT2D eigenvalue weighted by atomic mass is 32.1. The van der Waals surface area contributed by atoms with Crippen molar-refractivity contribution in [1.29, 1.82) is 0 Å². The van der Waals surface area contributed by atoms with Crippen LogP contribution in [0.2, 0.25) is 0 Å². The van der Waals surface area contributed by atoms with Gasteiger partial charge in [-0.3, -0.25) is 0 Å². The Morgan fingerprint density at radius 1 is 0.963 bits per heavy atom. The van der Waals surface area contributed by atoms with Gasteiger partial charge in [-0.05, 0) is 48.6 Å². The molecule has 3 nitrogen and oxygen atoms in total. The summed E-state index contributed by atoms with van der Waals surface area (Å²) < 4.78 is 0. The quantitative estimate of drug-likeness (QED) is 0.533. The molecule has 5 rings (SSSR count). The van der Waals surface area contributed by atoms with E-state index < -0.39 is 0 Å². The average Bonchev–Trinajstić information content (AvgIpc) is 3.41. The van der Waals surface area contributed by atoms with Crippen molar-refractivity contribution in [3.8, 4) is 10.6 Å². The Morgan fingerprint density at radius 3 is 2.52 bits per heavy atom. The van der Waals surface area contributed by atoms with Crippen LogP contribution in [-0.4, -0.2) is 15.1 Å². The highest BCUT2D eigenvalue weighted by molar-refractivity contribution is 7.21. The van der Waals surface area contributed by atoms with Crippen molar-refractivity contribution < 1.29 is 5.11 Å². The van der Waals surface area contributed by atoms with Crippen molar-refractivity contribution in [2.75, 3.05) is 0 Å². The van der Waals surface area contributed by atoms with E-state index in [9.17, 15) is 5.11 Å². The van der Waals surface area contributed by atoms with E-state index in [2.05, 4.69) is 55.5 Å². The summed E-state index contributed by atoms with van der Waals surface area (Å²) in [6, 6.07) is 20.9. The molecule has 4 heteroatoms. The Bertz CT molecular complexity index is 1130. The van der Waals surface area contributed by atoms with E-state index in [1.165, 1.54) is 5.56 Å². The molecule has 0 unspecified atom stereocenters. The van der Waals surface area contributed by atoms with Gasteiger partial charge < -0.3 is 5.11 Å². The maximum Gasteiger partial charge on any atom is 0.144 e. The molecule has 4 aromatic rings. The third-order valence-electron chi connectivity index (χ3n) is 5.57. The first-order valence-corrected chi connectivity index (χ1v) is 10.1. The molecule has 1 fully saturated rings. The summed E-state index contributed by atoms with van der Waals surface area (Å²) in [6.45, 7) is 2.08. The van der Waals surface area contributed by atoms with Crippen LogP contribution in [-0.2, 0) is 12.0 Å². The smallest absolute Gasteiger partial charge is 0.144 e. The first-order valence-electron chi connectivity index (χ1n) is 9.24. The number of nitrogens with zero attached hydrogens (tertiary/aromatic N) is 2. The summed E-state index contributed by atoms with van der Waals surface area (Å²) in [5.41, 5.74) is 6.56. The second-order valence-electron chi connectivity index (χ2n) is 7.26. The summed E-state index contributed by atoms with van der Waals surface area (Å²) in [6.07, 6.45) is 2.29. The number of aliphatic hydroxyl groups is 1. The summed E-state index contributed by atoms with van der Waals surface area (Å²) in [5.74, 6) is 0. The van der Waals surface area contributed by atoms with Gasteiger partial charge in [0.2, 0.25) is 0 Å². The molecule has 1 N–H and O–H groups in total. The summed E-state index contributed by atoms with van der Waals surface area (Å²) >= 11 is 1.61. The van der Waals surface area contributed by atoms with Gasteiger partial charge in [-0.15, -0.1) is 0 Å². The maximum atomic E-state index is 9.73. The molecule has 1 saturated carbocycles. The van der Waals surface area contributed by atoms with Crippen molar-refractivity contribution in [1.82, 2.24) is 9.97 Å². The Kier molecular flexibility index (Phi) is 3.85. The normalized spacial score (nSPS) is 15.2. The van der Waals surface area contributed by atoms with E-state index in [0.717, 1.165) is 50.6 Å². The number of thiazole rings is 1. The van der Waals surface area contributed by atoms with E-state index >= 15 is 0 Å². The maximum absolute atomic E-state index is 9.73. The highest BCUT2D eigenvalue weighted by Gasteiger charge is 2.47. The fourth-order valence-corrected chi connectivity index (χ4v) is 5.02. The standard InChI is InChI=1S/C23H20N2OS/c1-15-6-5-7-16(14-26)20(15)22-24-18-10-11-19(25-21(18)27-22)23(12-13-23)17-8-3-2-4-9-17/h2-11,26H,12-14H2,1H3. The molecule has 0 spiro atoms. The molecule has 134 valence electrons. The van der Waals surface area contributed by atoms with Gasteiger partial charge in [0.05, 0.1) is 12.3 Å². The zero-order valence-electron chi connectivity index (χ0n) is 15.1. The zero-order chi connectivity index (χ0) is 18.4. The van der Waals surface area contributed by atoms with Crippen molar-refractivity contribution >= 4 is 21.7 Å². The molecular formula is C23H20N2OS. The number of benzene rings is 2. The van der Waals surface area contributed by atoms with E-state index in [1.807, 2.05) is 12.1 Å². The third-order valence-corrected chi connectivity index (χ3v) is 6.55. The van der Waals surface area contributed by atoms with Gasteiger partial charge in [-0.1, -0.05) is 59.9 Å². The number of aliphatic hydroxyl groups excluding tert-OH is 1. The Labute approximate surface area is 162 Å². The number of hydrogen-bond acceptors (Lipinski definition) is 4. The monoisotopic (exact) mass is 372 g/mol. The topological polar surface area (TPSA) is 46.0 Å². The fraction of sp³-hybridized carbons (Fsp3) is 0.217. The summed E-state index contributed by atoms with van der Waals surface area (Å²) in [7, 11) is 0. The van der Waals surface area contributed by atoms with E-state index in [1.54, 1.807) is 11.3 Å². The lowest BCUT2D eigenvalue weighted by Crippen LogP contribution is -2.10. The molecule has 0 aliphatic heterocycles. The van der Waals surface area contributed by atoms with Crippen LogP contribution in [0.15, 0.2) is 60.7 Å². The van der Waals surface area contributed by atoms with Gasteiger partial charge in [0.25, 0.3) is 0 Å². The van der Waals surface area contributed by atoms with Gasteiger partial charge in [-0.25, -0.2) is 9.97 Å². The van der Waals surface area contributed by atoms with Crippen LogP contribution in [0, 0.1) is 6.92 Å². The number of fused-ring (bicyclic) bond motifs is 1. The minimum atomic E-state index is 0.0166. The first-order chi connectivity index (χ1) is 13.2. The Hall–Kier alpha value is -2.56. The minimum Gasteiger partial charge on any atom is -0.392 e. The zero-order valence-corrected chi connectivity index (χ0v) is 16.0. The predicted molar refractivity (Wildman–Crippen MR) is 110 cm³/mol. The van der Waals surface area contributed by atoms with Gasteiger partial charge in [0.15, 0.2) is 0 Å². The minimum absolute atomic E-state index is 0.0166. The molecule has 1 aliphatic carbocycles. The Morgan fingerprint density at radius 2 is 1.78 bits per heavy atom. The summed E-state index contributed by atoms with van der Waals surface area (Å²) in [5, 5.41) is 10.7. The molecule has 27 heavy (non-hydrogen) atoms. The molecular weight excluding hydrogens is 352 g/mol. The molecule has 0 radical (unpaired) electrons. The molecule has 0 atom stereocenters. The Balaban J connectivity index is 1.61. The van der Waals surface area contributed by atoms with Crippen LogP contribution < -0.4 is 0 Å². The van der Waals surface area contributed by atoms with Gasteiger partial charge >= 0.3 is 0 Å². The largest absolute Gasteiger partial charge is 0.392 e. The second-order valence-corrected chi connectivity index (χ2v) is 8.23. The summed E-state index contributed by atoms with van der Waals surface area (Å²) in [4.78, 5) is 10.8. The SMILES string of the molecule is Cc1cccc(CO)c1-c1nc2ccc(C3(c4ccccc4)CC3)nc2s1. The molecule has 0 bridgehead atoms. The lowest BCUT2D eigenvalue weighted by atomic mass is 9.92. The van der Waals surface area contributed by atoms with E-state index in [0.29, 0.717) is 0 Å². The van der Waals surface area contributed by atoms with Gasteiger partial charge in [0.1, 0.15) is 15.4 Å². The van der Waals surface area contributed by atoms with Crippen molar-refractivity contribution in [3.63, 3.8) is 0 Å². The molecule has 2 aromatic carbocycles. The number of rotatable bonds is 4. The number of hydrogen-bond donors (Lipinski definition) is 1. The van der Waals surface area contributed by atoms with Crippen LogP contribution in [0.4, 0.5) is 0 Å². The molecule has 0 amide bonds. The van der Waals surface area contributed by atoms with Crippen LogP contribution in [0.25, 0.3) is 20.9 Å². The van der Waals surface area contributed by atoms with Crippen molar-refractivity contribution in [2.45, 2.75) is 31.8 Å². The fourth-order valence-electron chi connectivity index (χ4n) is 3.93. The lowest BCUT2D eigenvalue weighted by molar-refractivity contribution is 0.282. The molecule has 2 aromatic heterocycles. The second kappa shape index (κ2) is 6.25. The van der Waals surface area contributed by atoms with Gasteiger partial charge in [0, 0.05) is 11.0 Å². The third kappa shape index (κ3) is 2.68. The molecule has 1 aliphatic rings. The van der Waals surface area contributed by atoms with Crippen LogP contribution in [0.5, 0.6) is 0 Å². The van der Waals surface area contributed by atoms with Crippen molar-refractivity contribution in [3.05, 3.63) is 83.0 Å².